The molecule has 3 N–H and O–H groups in total. The summed E-state index contributed by atoms with van der Waals surface area (Å²) in [5, 5.41) is 14.3. The molecule has 0 aromatic heterocycles. The number of amides is 2. The van der Waals surface area contributed by atoms with Gasteiger partial charge in [0.05, 0.1) is 0 Å². The second kappa shape index (κ2) is 10.6. The van der Waals surface area contributed by atoms with E-state index in [1.54, 1.807) is 0 Å². The maximum Gasteiger partial charge on any atom is 0.407 e. The largest absolute Gasteiger partial charge is 0.480 e. The average Bonchev–Trinajstić information content (AvgIpc) is 3.10. The topological polar surface area (TPSA) is 105 Å². The van der Waals surface area contributed by atoms with Crippen molar-refractivity contribution in [3.8, 4) is 11.1 Å². The van der Waals surface area contributed by atoms with Crippen molar-refractivity contribution in [1.82, 2.24) is 10.6 Å². The van der Waals surface area contributed by atoms with Crippen LogP contribution in [0.15, 0.2) is 61.2 Å². The number of benzene rings is 2. The van der Waals surface area contributed by atoms with E-state index >= 15 is 0 Å². The first-order valence-electron chi connectivity index (χ1n) is 10.7. The summed E-state index contributed by atoms with van der Waals surface area (Å²) in [6.07, 6.45) is 1.78. The summed E-state index contributed by atoms with van der Waals surface area (Å²) in [4.78, 5) is 36.4. The van der Waals surface area contributed by atoms with Crippen LogP contribution in [-0.2, 0) is 14.3 Å². The van der Waals surface area contributed by atoms with Crippen molar-refractivity contribution >= 4 is 18.0 Å². The summed E-state index contributed by atoms with van der Waals surface area (Å²) in [5.74, 6) is -1.81. The molecule has 2 aromatic rings. The van der Waals surface area contributed by atoms with E-state index in [-0.39, 0.29) is 18.9 Å². The monoisotopic (exact) mass is 436 g/mol. The van der Waals surface area contributed by atoms with Crippen LogP contribution in [0, 0.1) is 0 Å². The molecule has 0 saturated carbocycles. The lowest BCUT2D eigenvalue weighted by Gasteiger charge is -2.21. The van der Waals surface area contributed by atoms with Gasteiger partial charge in [0.25, 0.3) is 0 Å². The maximum absolute atomic E-state index is 12.6. The van der Waals surface area contributed by atoms with Crippen LogP contribution in [0.1, 0.15) is 43.2 Å². The second-order valence-corrected chi connectivity index (χ2v) is 7.73. The van der Waals surface area contributed by atoms with Crippen molar-refractivity contribution in [2.45, 2.75) is 44.2 Å². The van der Waals surface area contributed by atoms with Gasteiger partial charge in [-0.15, -0.1) is 6.58 Å². The average molecular weight is 437 g/mol. The summed E-state index contributed by atoms with van der Waals surface area (Å²) in [6, 6.07) is 14.1. The van der Waals surface area contributed by atoms with Gasteiger partial charge < -0.3 is 20.5 Å². The number of aliphatic carboxylic acids is 1. The highest BCUT2D eigenvalue weighted by atomic mass is 16.5. The molecule has 1 aliphatic carbocycles. The predicted molar refractivity (Wildman–Crippen MR) is 121 cm³/mol. The van der Waals surface area contributed by atoms with Gasteiger partial charge in [0.15, 0.2) is 0 Å². The Morgan fingerprint density at radius 1 is 1.03 bits per heavy atom. The predicted octanol–water partition coefficient (Wildman–Crippen LogP) is 3.84. The van der Waals surface area contributed by atoms with E-state index in [9.17, 15) is 19.5 Å². The van der Waals surface area contributed by atoms with Crippen LogP contribution in [0.3, 0.4) is 0 Å². The third-order valence-electron chi connectivity index (χ3n) is 5.55. The number of carboxylic acid groups (broad SMARTS) is 1. The molecular formula is C25H28N2O5. The van der Waals surface area contributed by atoms with E-state index in [0.29, 0.717) is 12.8 Å². The van der Waals surface area contributed by atoms with Gasteiger partial charge in [-0.05, 0) is 35.1 Å². The highest BCUT2D eigenvalue weighted by Crippen LogP contribution is 2.44. The zero-order valence-corrected chi connectivity index (χ0v) is 18.0. The molecule has 7 heteroatoms. The standard InChI is InChI=1S/C25H28N2O5/c1-3-9-21(23(28)26-22(10-4-2)24(29)30)27-25(31)32-15-20-18-13-7-5-11-16(18)17-12-6-8-14-19(17)20/h4-8,11-14,20-22H,2-3,9-10,15H2,1H3,(H,26,28)(H,27,31)(H,29,30). The van der Waals surface area contributed by atoms with Crippen molar-refractivity contribution in [1.29, 1.82) is 0 Å². The van der Waals surface area contributed by atoms with Crippen molar-refractivity contribution in [2.24, 2.45) is 0 Å². The normalized spacial score (nSPS) is 13.9. The number of nitrogens with one attached hydrogen (secondary N) is 2. The van der Waals surface area contributed by atoms with E-state index in [0.717, 1.165) is 22.3 Å². The summed E-state index contributed by atoms with van der Waals surface area (Å²) >= 11 is 0. The fraction of sp³-hybridized carbons (Fsp3) is 0.320. The first-order valence-corrected chi connectivity index (χ1v) is 10.7. The van der Waals surface area contributed by atoms with Crippen LogP contribution in [-0.4, -0.2) is 41.8 Å². The molecule has 0 bridgehead atoms. The molecule has 0 saturated heterocycles. The van der Waals surface area contributed by atoms with Crippen molar-refractivity contribution < 1.29 is 24.2 Å². The van der Waals surface area contributed by atoms with Crippen LogP contribution in [0.5, 0.6) is 0 Å². The summed E-state index contributed by atoms with van der Waals surface area (Å²) < 4.78 is 5.50. The van der Waals surface area contributed by atoms with Crippen molar-refractivity contribution in [2.75, 3.05) is 6.61 Å². The summed E-state index contributed by atoms with van der Waals surface area (Å²) in [5.41, 5.74) is 4.45. The minimum absolute atomic E-state index is 0.0874. The lowest BCUT2D eigenvalue weighted by Crippen LogP contribution is -2.51. The molecule has 3 rings (SSSR count). The first kappa shape index (κ1) is 23.1. The Kier molecular flexibility index (Phi) is 7.65. The molecular weight excluding hydrogens is 408 g/mol. The number of alkyl carbamates (subject to hydrolysis) is 1. The van der Waals surface area contributed by atoms with Gasteiger partial charge in [-0.25, -0.2) is 9.59 Å². The Balaban J connectivity index is 1.64. The van der Waals surface area contributed by atoms with E-state index in [1.165, 1.54) is 6.08 Å². The molecule has 1 aliphatic rings. The molecule has 2 amide bonds. The number of carboxylic acids is 1. The third-order valence-corrected chi connectivity index (χ3v) is 5.55. The highest BCUT2D eigenvalue weighted by molar-refractivity contribution is 5.89. The van der Waals surface area contributed by atoms with Crippen LogP contribution in [0.25, 0.3) is 11.1 Å². The quantitative estimate of drug-likeness (QED) is 0.491. The minimum Gasteiger partial charge on any atom is -0.480 e. The van der Waals surface area contributed by atoms with Gasteiger partial charge in [0, 0.05) is 5.92 Å². The highest BCUT2D eigenvalue weighted by Gasteiger charge is 2.30. The SMILES string of the molecule is C=CCC(NC(=O)C(CCC)NC(=O)OCC1c2ccccc2-c2ccccc21)C(=O)O. The molecule has 168 valence electrons. The molecule has 0 radical (unpaired) electrons. The minimum atomic E-state index is -1.16. The zero-order chi connectivity index (χ0) is 23.1. The second-order valence-electron chi connectivity index (χ2n) is 7.73. The van der Waals surface area contributed by atoms with Gasteiger partial charge in [0.2, 0.25) is 5.91 Å². The van der Waals surface area contributed by atoms with Gasteiger partial charge in [-0.2, -0.15) is 0 Å². The number of carbonyl (C=O) groups excluding carboxylic acids is 2. The fourth-order valence-electron chi connectivity index (χ4n) is 4.00. The molecule has 2 atom stereocenters. The summed E-state index contributed by atoms with van der Waals surface area (Å²) in [6.45, 7) is 5.52. The Hall–Kier alpha value is -3.61. The molecule has 32 heavy (non-hydrogen) atoms. The molecule has 2 unspecified atom stereocenters. The Morgan fingerprint density at radius 2 is 1.62 bits per heavy atom. The molecule has 2 aromatic carbocycles. The Bertz CT molecular complexity index is 958. The zero-order valence-electron chi connectivity index (χ0n) is 18.0. The molecule has 0 heterocycles. The van der Waals surface area contributed by atoms with Crippen molar-refractivity contribution in [3.63, 3.8) is 0 Å². The maximum atomic E-state index is 12.6. The smallest absolute Gasteiger partial charge is 0.407 e. The van der Waals surface area contributed by atoms with Gasteiger partial charge >= 0.3 is 12.1 Å². The number of hydrogen-bond acceptors (Lipinski definition) is 4. The Labute approximate surface area is 187 Å². The molecule has 0 spiro atoms. The number of hydrogen-bond donors (Lipinski definition) is 3. The molecule has 0 aliphatic heterocycles. The van der Waals surface area contributed by atoms with Crippen LogP contribution in [0.2, 0.25) is 0 Å². The van der Waals surface area contributed by atoms with E-state index < -0.39 is 30.1 Å². The van der Waals surface area contributed by atoms with Gasteiger partial charge in [-0.3, -0.25) is 4.79 Å². The van der Waals surface area contributed by atoms with Gasteiger partial charge in [-0.1, -0.05) is 68.0 Å². The van der Waals surface area contributed by atoms with Crippen LogP contribution >= 0.6 is 0 Å². The fourth-order valence-corrected chi connectivity index (χ4v) is 4.00. The van der Waals surface area contributed by atoms with Crippen LogP contribution < -0.4 is 10.6 Å². The number of carbonyl (C=O) groups is 3. The van der Waals surface area contributed by atoms with E-state index in [2.05, 4.69) is 29.3 Å². The van der Waals surface area contributed by atoms with E-state index in [4.69, 9.17) is 4.74 Å². The van der Waals surface area contributed by atoms with E-state index in [1.807, 2.05) is 43.3 Å². The summed E-state index contributed by atoms with van der Waals surface area (Å²) in [7, 11) is 0. The van der Waals surface area contributed by atoms with Gasteiger partial charge in [0.1, 0.15) is 18.7 Å². The number of fused-ring (bicyclic) bond motifs is 3. The molecule has 7 nitrogen and oxygen atoms in total. The molecule has 0 fully saturated rings. The number of rotatable bonds is 10. The number of ether oxygens (including phenoxy) is 1. The van der Waals surface area contributed by atoms with Crippen molar-refractivity contribution in [3.05, 3.63) is 72.3 Å². The van der Waals surface area contributed by atoms with Crippen LogP contribution in [0.4, 0.5) is 4.79 Å². The third kappa shape index (κ3) is 5.17. The Morgan fingerprint density at radius 3 is 2.16 bits per heavy atom. The lowest BCUT2D eigenvalue weighted by molar-refractivity contribution is -0.142. The lowest BCUT2D eigenvalue weighted by atomic mass is 9.98. The first-order chi connectivity index (χ1) is 15.5.